The Morgan fingerprint density at radius 2 is 2.10 bits per heavy atom. The van der Waals surface area contributed by atoms with E-state index in [1.807, 2.05) is 6.92 Å². The highest BCUT2D eigenvalue weighted by atomic mass is 32.2. The molecule has 0 aromatic heterocycles. The van der Waals surface area contributed by atoms with Crippen LogP contribution in [0, 0.1) is 18.8 Å². The molecule has 4 nitrogen and oxygen atoms in total. The van der Waals surface area contributed by atoms with Crippen LogP contribution in [0.25, 0.3) is 0 Å². The van der Waals surface area contributed by atoms with Crippen LogP contribution in [0.2, 0.25) is 0 Å². The number of rotatable bonds is 4. The van der Waals surface area contributed by atoms with Gasteiger partial charge in [-0.15, -0.1) is 0 Å². The molecule has 1 aromatic rings. The molecular formula is C15H20N2O2S2. The molecule has 3 atom stereocenters. The number of sulfonamides is 1. The monoisotopic (exact) mass is 324 g/mol. The molecule has 0 spiro atoms. The van der Waals surface area contributed by atoms with Gasteiger partial charge in [-0.25, -0.2) is 13.1 Å². The van der Waals surface area contributed by atoms with Crippen molar-refractivity contribution in [2.24, 2.45) is 17.6 Å². The van der Waals surface area contributed by atoms with E-state index in [1.54, 1.807) is 18.2 Å². The van der Waals surface area contributed by atoms with Crippen LogP contribution in [0.4, 0.5) is 0 Å². The summed E-state index contributed by atoms with van der Waals surface area (Å²) in [5.74, 6) is 1.23. The number of aryl methyl sites for hydroxylation is 1. The van der Waals surface area contributed by atoms with Crippen molar-refractivity contribution in [1.29, 1.82) is 0 Å². The van der Waals surface area contributed by atoms with E-state index in [4.69, 9.17) is 18.0 Å². The Balaban J connectivity index is 1.82. The Morgan fingerprint density at radius 3 is 2.62 bits per heavy atom. The summed E-state index contributed by atoms with van der Waals surface area (Å²) in [4.78, 5) is 0.584. The molecule has 3 unspecified atom stereocenters. The van der Waals surface area contributed by atoms with Gasteiger partial charge >= 0.3 is 0 Å². The molecule has 2 saturated carbocycles. The quantitative estimate of drug-likeness (QED) is 0.832. The Hall–Kier alpha value is -0.980. The van der Waals surface area contributed by atoms with Crippen LogP contribution in [0.15, 0.2) is 23.1 Å². The maximum atomic E-state index is 12.5. The van der Waals surface area contributed by atoms with E-state index in [9.17, 15) is 8.42 Å². The largest absolute Gasteiger partial charge is 0.389 e. The van der Waals surface area contributed by atoms with Gasteiger partial charge in [-0.05, 0) is 55.7 Å². The highest BCUT2D eigenvalue weighted by Crippen LogP contribution is 2.44. The third-order valence-corrected chi connectivity index (χ3v) is 6.53. The van der Waals surface area contributed by atoms with E-state index in [0.717, 1.165) is 24.0 Å². The fourth-order valence-electron chi connectivity index (χ4n) is 3.74. The first-order chi connectivity index (χ1) is 9.87. The van der Waals surface area contributed by atoms with Gasteiger partial charge in [0.25, 0.3) is 0 Å². The molecule has 114 valence electrons. The summed E-state index contributed by atoms with van der Waals surface area (Å²) < 4.78 is 27.9. The maximum absolute atomic E-state index is 12.5. The van der Waals surface area contributed by atoms with Gasteiger partial charge in [0.15, 0.2) is 0 Å². The van der Waals surface area contributed by atoms with Gasteiger partial charge in [-0.3, -0.25) is 0 Å². The van der Waals surface area contributed by atoms with E-state index in [-0.39, 0.29) is 11.0 Å². The number of hydrogen-bond acceptors (Lipinski definition) is 3. The molecule has 0 radical (unpaired) electrons. The molecule has 3 rings (SSSR count). The molecular weight excluding hydrogens is 304 g/mol. The predicted octanol–water partition coefficient (Wildman–Crippen LogP) is 2.10. The second-order valence-electron chi connectivity index (χ2n) is 6.24. The maximum Gasteiger partial charge on any atom is 0.240 e. The molecule has 0 saturated heterocycles. The van der Waals surface area contributed by atoms with Gasteiger partial charge in [0, 0.05) is 11.6 Å². The minimum absolute atomic E-state index is 0.101. The Labute approximate surface area is 131 Å². The summed E-state index contributed by atoms with van der Waals surface area (Å²) in [7, 11) is -3.47. The number of nitrogens with two attached hydrogens (primary N) is 1. The Morgan fingerprint density at radius 1 is 1.33 bits per heavy atom. The molecule has 0 heterocycles. The molecule has 2 bridgehead atoms. The Kier molecular flexibility index (Phi) is 3.80. The van der Waals surface area contributed by atoms with Crippen molar-refractivity contribution < 1.29 is 8.42 Å². The number of benzene rings is 1. The summed E-state index contributed by atoms with van der Waals surface area (Å²) in [6.45, 7) is 1.82. The topological polar surface area (TPSA) is 72.2 Å². The van der Waals surface area contributed by atoms with Crippen molar-refractivity contribution >= 4 is 27.2 Å². The summed E-state index contributed by atoms with van der Waals surface area (Å²) in [6.07, 6.45) is 4.56. The normalized spacial score (nSPS) is 28.0. The summed E-state index contributed by atoms with van der Waals surface area (Å²) in [5.41, 5.74) is 7.13. The van der Waals surface area contributed by atoms with Crippen LogP contribution in [-0.2, 0) is 10.0 Å². The molecule has 21 heavy (non-hydrogen) atoms. The smallest absolute Gasteiger partial charge is 0.240 e. The van der Waals surface area contributed by atoms with Crippen LogP contribution >= 0.6 is 12.2 Å². The van der Waals surface area contributed by atoms with E-state index in [0.29, 0.717) is 16.7 Å². The third-order valence-electron chi connectivity index (χ3n) is 4.82. The number of hydrogen-bond donors (Lipinski definition) is 2. The second-order valence-corrected chi connectivity index (χ2v) is 8.40. The summed E-state index contributed by atoms with van der Waals surface area (Å²) in [6, 6.07) is 5.01. The van der Waals surface area contributed by atoms with Gasteiger partial charge < -0.3 is 5.73 Å². The first-order valence-electron chi connectivity index (χ1n) is 7.29. The molecule has 2 fully saturated rings. The van der Waals surface area contributed by atoms with E-state index in [2.05, 4.69) is 4.72 Å². The molecule has 2 aliphatic carbocycles. The predicted molar refractivity (Wildman–Crippen MR) is 86.6 cm³/mol. The first kappa shape index (κ1) is 14.9. The lowest BCUT2D eigenvalue weighted by atomic mass is 9.96. The van der Waals surface area contributed by atoms with Crippen molar-refractivity contribution in [3.8, 4) is 0 Å². The van der Waals surface area contributed by atoms with Crippen LogP contribution < -0.4 is 10.5 Å². The Bertz CT molecular complexity index is 685. The van der Waals surface area contributed by atoms with Crippen LogP contribution in [-0.4, -0.2) is 19.4 Å². The average molecular weight is 324 g/mol. The zero-order valence-electron chi connectivity index (χ0n) is 12.0. The van der Waals surface area contributed by atoms with Crippen molar-refractivity contribution in [1.82, 2.24) is 4.72 Å². The minimum Gasteiger partial charge on any atom is -0.389 e. The van der Waals surface area contributed by atoms with Crippen molar-refractivity contribution in [3.63, 3.8) is 0 Å². The number of fused-ring (bicyclic) bond motifs is 2. The zero-order valence-corrected chi connectivity index (χ0v) is 13.6. The number of nitrogens with one attached hydrogen (secondary N) is 1. The second kappa shape index (κ2) is 5.34. The molecule has 0 aliphatic heterocycles. The number of thiocarbonyl (C=S) groups is 1. The SMILES string of the molecule is Cc1cc(S(=O)(=O)NC2CC3CCC2C3)ccc1C(N)=S. The van der Waals surface area contributed by atoms with Crippen LogP contribution in [0.1, 0.15) is 36.8 Å². The highest BCUT2D eigenvalue weighted by molar-refractivity contribution is 7.89. The van der Waals surface area contributed by atoms with E-state index in [1.165, 1.54) is 12.8 Å². The van der Waals surface area contributed by atoms with Gasteiger partial charge in [-0.1, -0.05) is 24.7 Å². The lowest BCUT2D eigenvalue weighted by Gasteiger charge is -2.23. The lowest BCUT2D eigenvalue weighted by Crippen LogP contribution is -2.38. The van der Waals surface area contributed by atoms with Gasteiger partial charge in [0.05, 0.1) is 4.90 Å². The van der Waals surface area contributed by atoms with Gasteiger partial charge in [-0.2, -0.15) is 0 Å². The fourth-order valence-corrected chi connectivity index (χ4v) is 5.37. The molecule has 0 amide bonds. The van der Waals surface area contributed by atoms with Crippen LogP contribution in [0.5, 0.6) is 0 Å². The minimum atomic E-state index is -3.47. The van der Waals surface area contributed by atoms with Crippen molar-refractivity contribution in [2.75, 3.05) is 0 Å². The highest BCUT2D eigenvalue weighted by Gasteiger charge is 2.41. The van der Waals surface area contributed by atoms with Crippen LogP contribution in [0.3, 0.4) is 0 Å². The molecule has 1 aromatic carbocycles. The zero-order chi connectivity index (χ0) is 15.2. The third kappa shape index (κ3) is 2.84. The fraction of sp³-hybridized carbons (Fsp3) is 0.533. The van der Waals surface area contributed by atoms with Gasteiger partial charge in [0.1, 0.15) is 4.99 Å². The molecule has 3 N–H and O–H groups in total. The average Bonchev–Trinajstić information content (AvgIpc) is 2.99. The molecule has 6 heteroatoms. The standard InChI is InChI=1S/C15H20N2O2S2/c1-9-6-12(4-5-13(9)15(16)20)21(18,19)17-14-8-10-2-3-11(14)7-10/h4-6,10-11,14,17H,2-3,7-8H2,1H3,(H2,16,20). The van der Waals surface area contributed by atoms with E-state index >= 15 is 0 Å². The lowest BCUT2D eigenvalue weighted by molar-refractivity contribution is 0.390. The van der Waals surface area contributed by atoms with E-state index < -0.39 is 10.0 Å². The molecule has 2 aliphatic rings. The summed E-state index contributed by atoms with van der Waals surface area (Å²) in [5, 5.41) is 0. The first-order valence-corrected chi connectivity index (χ1v) is 9.19. The van der Waals surface area contributed by atoms with Crippen molar-refractivity contribution in [2.45, 2.75) is 43.5 Å². The van der Waals surface area contributed by atoms with Crippen molar-refractivity contribution in [3.05, 3.63) is 29.3 Å². The summed E-state index contributed by atoms with van der Waals surface area (Å²) >= 11 is 4.95. The van der Waals surface area contributed by atoms with Gasteiger partial charge in [0.2, 0.25) is 10.0 Å².